The monoisotopic (exact) mass is 938 g/mol. The summed E-state index contributed by atoms with van der Waals surface area (Å²) in [6, 6.07) is 19.8. The molecular formula is C46H54Cl4N8O5. The average molecular weight is 941 g/mol. The number of nitrogens with zero attached hydrogens (tertiary/aromatic N) is 5. The van der Waals surface area contributed by atoms with Gasteiger partial charge in [0.2, 0.25) is 11.8 Å². The number of carbonyl (C=O) groups excluding carboxylic acids is 3. The van der Waals surface area contributed by atoms with Gasteiger partial charge < -0.3 is 35.8 Å². The highest BCUT2D eigenvalue weighted by Crippen LogP contribution is 2.40. The van der Waals surface area contributed by atoms with E-state index in [1.165, 1.54) is 6.20 Å². The largest absolute Gasteiger partial charge is 0.478 e. The fourth-order valence-corrected chi connectivity index (χ4v) is 9.89. The molecule has 6 aliphatic rings. The van der Waals surface area contributed by atoms with Crippen molar-refractivity contribution in [2.45, 2.75) is 88.4 Å². The molecule has 6 aliphatic heterocycles. The summed E-state index contributed by atoms with van der Waals surface area (Å²) < 4.78 is 0. The van der Waals surface area contributed by atoms with Crippen molar-refractivity contribution in [1.29, 1.82) is 0 Å². The third kappa shape index (κ3) is 10.5. The second-order valence-electron chi connectivity index (χ2n) is 17.3. The lowest BCUT2D eigenvalue weighted by molar-refractivity contribution is -0.130. The van der Waals surface area contributed by atoms with Crippen LogP contribution in [0.4, 0.5) is 11.6 Å². The highest BCUT2D eigenvalue weighted by atomic mass is 35.5. The van der Waals surface area contributed by atoms with Gasteiger partial charge in [0.25, 0.3) is 5.91 Å². The molecule has 3 amide bonds. The van der Waals surface area contributed by atoms with E-state index in [-0.39, 0.29) is 59.3 Å². The summed E-state index contributed by atoms with van der Waals surface area (Å²) in [6.45, 7) is 9.37. The van der Waals surface area contributed by atoms with Crippen LogP contribution in [0.5, 0.6) is 0 Å². The third-order valence-corrected chi connectivity index (χ3v) is 13.3. The van der Waals surface area contributed by atoms with Crippen molar-refractivity contribution in [2.24, 2.45) is 0 Å². The topological polar surface area (TPSA) is 160 Å². The Hall–Kier alpha value is -4.66. The molecule has 10 rings (SSSR count). The van der Waals surface area contributed by atoms with Gasteiger partial charge in [-0.2, -0.15) is 0 Å². The number of fused-ring (bicyclic) bond motifs is 2. The van der Waals surface area contributed by atoms with E-state index in [1.807, 2.05) is 63.2 Å². The molecule has 0 radical (unpaired) electrons. The molecule has 0 saturated carbocycles. The molecule has 4 atom stereocenters. The number of aromatic nitrogens is 2. The molecule has 336 valence electrons. The molecule has 4 aromatic rings. The second kappa shape index (κ2) is 20.0. The lowest BCUT2D eigenvalue weighted by Crippen LogP contribution is -2.39. The van der Waals surface area contributed by atoms with Crippen LogP contribution in [0.25, 0.3) is 0 Å². The quantitative estimate of drug-likeness (QED) is 0.152. The van der Waals surface area contributed by atoms with E-state index in [9.17, 15) is 19.2 Å². The molecule has 4 saturated heterocycles. The van der Waals surface area contributed by atoms with Crippen LogP contribution in [0.2, 0.25) is 10.0 Å². The number of hydrogen-bond donors (Lipinski definition) is 4. The van der Waals surface area contributed by atoms with E-state index < -0.39 is 5.97 Å². The van der Waals surface area contributed by atoms with Crippen LogP contribution in [0, 0.1) is 0 Å². The summed E-state index contributed by atoms with van der Waals surface area (Å²) in [6.07, 6.45) is 9.85. The summed E-state index contributed by atoms with van der Waals surface area (Å²) in [7, 11) is 0. The van der Waals surface area contributed by atoms with Crippen LogP contribution >= 0.6 is 48.0 Å². The van der Waals surface area contributed by atoms with Crippen molar-refractivity contribution in [3.63, 3.8) is 0 Å². The van der Waals surface area contributed by atoms with E-state index in [4.69, 9.17) is 28.3 Å². The molecule has 4 fully saturated rings. The standard InChI is InChI=1S/C23H25ClN4O2.C15H13ClN2O2.C8H14N2O.2ClH/c1-23(17-4-2-5-18(24)11-17)12-15-10-16(13-25-21(15)26-23)22(30)27-9-7-19(14-27)28-8-3-6-20(28)29;1-15(11-3-2-4-12(16)6-11)7-9-5-10(14(19)20)8-17-13(9)18-15;11-8-2-1-5-10(8)7-3-4-9-6-7;;/h2,4-5,10-11,13,19H,3,6-9,12,14H2,1H3,(H,25,26);2-6,8H,7H2,1H3,(H,17,18)(H,19,20);7,9H,1-6H2;2*1H/t19-,23+;15-;7-;;/m010../s1. The van der Waals surface area contributed by atoms with Gasteiger partial charge in [0, 0.05) is 86.9 Å². The normalized spacial score (nSPS) is 24.2. The first-order valence-corrected chi connectivity index (χ1v) is 21.9. The zero-order valence-corrected chi connectivity index (χ0v) is 38.5. The van der Waals surface area contributed by atoms with Crippen molar-refractivity contribution in [2.75, 3.05) is 49.9 Å². The first-order chi connectivity index (χ1) is 29.3. The number of carboxylic acid groups (broad SMARTS) is 1. The van der Waals surface area contributed by atoms with E-state index >= 15 is 0 Å². The minimum atomic E-state index is -0.961. The van der Waals surface area contributed by atoms with Crippen LogP contribution in [-0.4, -0.2) is 105 Å². The molecular weight excluding hydrogens is 886 g/mol. The molecule has 63 heavy (non-hydrogen) atoms. The number of likely N-dealkylation sites (tertiary alicyclic amines) is 3. The highest BCUT2D eigenvalue weighted by molar-refractivity contribution is 6.31. The average Bonchev–Trinajstić information content (AvgIpc) is 4.10. The van der Waals surface area contributed by atoms with Crippen molar-refractivity contribution < 1.29 is 24.3 Å². The maximum absolute atomic E-state index is 13.1. The zero-order valence-electron chi connectivity index (χ0n) is 35.4. The SMILES string of the molecule is C[C@]1(c2cccc(Cl)c2)Cc2cc(C(=O)N3CC[C@H](N4CCCC4=O)C3)cnc2N1.C[C@]1(c2cccc(Cl)c2)Cc2cc(C(=O)O)cnc2N1.Cl.Cl.O=C1CCCN1[C@H]1CCNC1. The van der Waals surface area contributed by atoms with Gasteiger partial charge in [0.1, 0.15) is 11.6 Å². The van der Waals surface area contributed by atoms with E-state index in [0.29, 0.717) is 53.5 Å². The minimum absolute atomic E-state index is 0. The van der Waals surface area contributed by atoms with Crippen molar-refractivity contribution in [1.82, 2.24) is 30.0 Å². The fraction of sp³-hybridized carbons (Fsp3) is 0.435. The van der Waals surface area contributed by atoms with Gasteiger partial charge in [0.05, 0.1) is 28.2 Å². The number of rotatable bonds is 6. The Kier molecular flexibility index (Phi) is 15.2. The summed E-state index contributed by atoms with van der Waals surface area (Å²) in [5.74, 6) is 1.17. The minimum Gasteiger partial charge on any atom is -0.478 e. The number of anilines is 2. The van der Waals surface area contributed by atoms with Crippen LogP contribution in [0.1, 0.15) is 95.3 Å². The number of pyridine rings is 2. The molecule has 17 heteroatoms. The summed E-state index contributed by atoms with van der Waals surface area (Å²) in [5, 5.41) is 20.5. The van der Waals surface area contributed by atoms with Gasteiger partial charge in [-0.3, -0.25) is 14.4 Å². The maximum atomic E-state index is 13.1. The number of carboxylic acids is 1. The van der Waals surface area contributed by atoms with E-state index in [2.05, 4.69) is 45.8 Å². The Bertz CT molecular complexity index is 2350. The summed E-state index contributed by atoms with van der Waals surface area (Å²) >= 11 is 12.2. The number of nitrogens with one attached hydrogen (secondary N) is 3. The molecule has 0 aliphatic carbocycles. The highest BCUT2D eigenvalue weighted by Gasteiger charge is 2.39. The molecule has 0 spiro atoms. The molecule has 13 nitrogen and oxygen atoms in total. The number of hydrogen-bond acceptors (Lipinski definition) is 9. The number of halogens is 4. The first-order valence-electron chi connectivity index (χ1n) is 21.2. The van der Waals surface area contributed by atoms with Gasteiger partial charge in [0.15, 0.2) is 0 Å². The summed E-state index contributed by atoms with van der Waals surface area (Å²) in [4.78, 5) is 62.0. The molecule has 0 unspecified atom stereocenters. The van der Waals surface area contributed by atoms with Crippen LogP contribution in [-0.2, 0) is 33.5 Å². The van der Waals surface area contributed by atoms with Gasteiger partial charge in [-0.1, -0.05) is 47.5 Å². The lowest BCUT2D eigenvalue weighted by Gasteiger charge is -2.25. The van der Waals surface area contributed by atoms with Gasteiger partial charge in [-0.15, -0.1) is 24.8 Å². The predicted octanol–water partition coefficient (Wildman–Crippen LogP) is 7.59. The number of benzene rings is 2. The molecule has 2 aromatic heterocycles. The lowest BCUT2D eigenvalue weighted by atomic mass is 9.89. The number of aromatic carboxylic acids is 1. The molecule has 4 N–H and O–H groups in total. The molecule has 2 aromatic carbocycles. The van der Waals surface area contributed by atoms with Crippen molar-refractivity contribution in [3.05, 3.63) is 116 Å². The number of amides is 3. The van der Waals surface area contributed by atoms with Crippen molar-refractivity contribution in [3.8, 4) is 0 Å². The van der Waals surface area contributed by atoms with Gasteiger partial charge in [-0.05, 0) is 105 Å². The molecule has 8 heterocycles. The fourth-order valence-electron chi connectivity index (χ4n) is 9.51. The Morgan fingerprint density at radius 2 is 1.25 bits per heavy atom. The van der Waals surface area contributed by atoms with Crippen molar-refractivity contribution >= 4 is 83.3 Å². The van der Waals surface area contributed by atoms with Crippen LogP contribution < -0.4 is 16.0 Å². The first kappa shape index (κ1) is 47.8. The Balaban J connectivity index is 0.000000172. The zero-order chi connectivity index (χ0) is 42.9. The van der Waals surface area contributed by atoms with Gasteiger partial charge >= 0.3 is 5.97 Å². The smallest absolute Gasteiger partial charge is 0.337 e. The predicted molar refractivity (Wildman–Crippen MR) is 250 cm³/mol. The second-order valence-corrected chi connectivity index (χ2v) is 18.2. The van der Waals surface area contributed by atoms with E-state index in [0.717, 1.165) is 98.6 Å². The third-order valence-electron chi connectivity index (χ3n) is 12.8. The Morgan fingerprint density at radius 3 is 1.73 bits per heavy atom. The Labute approximate surface area is 390 Å². The van der Waals surface area contributed by atoms with Crippen LogP contribution in [0.3, 0.4) is 0 Å². The molecule has 0 bridgehead atoms. The Morgan fingerprint density at radius 1 is 0.730 bits per heavy atom. The maximum Gasteiger partial charge on any atom is 0.337 e. The summed E-state index contributed by atoms with van der Waals surface area (Å²) in [5.41, 5.74) is 4.29. The van der Waals surface area contributed by atoms with Gasteiger partial charge in [-0.25, -0.2) is 14.8 Å². The van der Waals surface area contributed by atoms with E-state index in [1.54, 1.807) is 12.3 Å². The number of carbonyl (C=O) groups is 4. The van der Waals surface area contributed by atoms with Crippen LogP contribution in [0.15, 0.2) is 73.1 Å².